The summed E-state index contributed by atoms with van der Waals surface area (Å²) < 4.78 is 7.78. The molecule has 0 aliphatic carbocycles. The zero-order valence-corrected chi connectivity index (χ0v) is 12.7. The minimum atomic E-state index is 0.117. The molecule has 2 aromatic rings. The number of benzene rings is 1. The first kappa shape index (κ1) is 14.6. The second-order valence-corrected chi connectivity index (χ2v) is 6.04. The average Bonchev–Trinajstić information content (AvgIpc) is 2.79. The van der Waals surface area contributed by atoms with Gasteiger partial charge in [0.2, 0.25) is 0 Å². The van der Waals surface area contributed by atoms with Gasteiger partial charge in [0.15, 0.2) is 0 Å². The van der Waals surface area contributed by atoms with Gasteiger partial charge in [0.25, 0.3) is 0 Å². The normalized spacial score (nSPS) is 11.6. The van der Waals surface area contributed by atoms with Crippen LogP contribution in [-0.2, 0) is 20.2 Å². The number of hydrogen-bond donors (Lipinski definition) is 1. The SMILES string of the molecule is Cn1cncc1COc1cccc(CNC(C)(C)C)c1. The molecule has 1 N–H and O–H groups in total. The highest BCUT2D eigenvalue weighted by molar-refractivity contribution is 5.28. The number of nitrogens with one attached hydrogen (secondary N) is 1. The molecule has 0 amide bonds. The molecule has 0 aliphatic heterocycles. The van der Waals surface area contributed by atoms with Gasteiger partial charge < -0.3 is 14.6 Å². The van der Waals surface area contributed by atoms with Crippen molar-refractivity contribution in [1.29, 1.82) is 0 Å². The summed E-state index contributed by atoms with van der Waals surface area (Å²) in [5, 5.41) is 3.47. The fourth-order valence-corrected chi connectivity index (χ4v) is 1.79. The lowest BCUT2D eigenvalue weighted by atomic mass is 10.1. The number of imidazole rings is 1. The van der Waals surface area contributed by atoms with Crippen molar-refractivity contribution in [1.82, 2.24) is 14.9 Å². The van der Waals surface area contributed by atoms with E-state index in [1.54, 1.807) is 6.33 Å². The third-order valence-electron chi connectivity index (χ3n) is 3.02. The fraction of sp³-hybridized carbons (Fsp3) is 0.438. The van der Waals surface area contributed by atoms with Crippen LogP contribution in [-0.4, -0.2) is 15.1 Å². The number of aromatic nitrogens is 2. The molecule has 0 bridgehead atoms. The lowest BCUT2D eigenvalue weighted by molar-refractivity contribution is 0.296. The van der Waals surface area contributed by atoms with E-state index in [-0.39, 0.29) is 5.54 Å². The molecule has 1 aromatic carbocycles. The zero-order valence-electron chi connectivity index (χ0n) is 12.7. The van der Waals surface area contributed by atoms with E-state index in [4.69, 9.17) is 4.74 Å². The van der Waals surface area contributed by atoms with Crippen molar-refractivity contribution in [3.63, 3.8) is 0 Å². The van der Waals surface area contributed by atoms with Crippen molar-refractivity contribution >= 4 is 0 Å². The Labute approximate surface area is 120 Å². The lowest BCUT2D eigenvalue weighted by Crippen LogP contribution is -2.35. The van der Waals surface area contributed by atoms with Crippen molar-refractivity contribution in [3.05, 3.63) is 48.0 Å². The predicted molar refractivity (Wildman–Crippen MR) is 80.6 cm³/mol. The molecule has 0 spiro atoms. The molecule has 0 saturated carbocycles. The van der Waals surface area contributed by atoms with E-state index in [0.29, 0.717) is 6.61 Å². The molecule has 0 aliphatic rings. The quantitative estimate of drug-likeness (QED) is 0.910. The molecular formula is C16H23N3O. The zero-order chi connectivity index (χ0) is 14.6. The molecule has 0 fully saturated rings. The van der Waals surface area contributed by atoms with Crippen molar-refractivity contribution in [2.75, 3.05) is 0 Å². The first-order chi connectivity index (χ1) is 9.44. The minimum Gasteiger partial charge on any atom is -0.487 e. The Balaban J connectivity index is 1.94. The third-order valence-corrected chi connectivity index (χ3v) is 3.02. The van der Waals surface area contributed by atoms with Crippen molar-refractivity contribution in [2.45, 2.75) is 39.5 Å². The summed E-state index contributed by atoms with van der Waals surface area (Å²) in [6, 6.07) is 8.19. The second-order valence-electron chi connectivity index (χ2n) is 6.04. The van der Waals surface area contributed by atoms with Gasteiger partial charge in [-0.2, -0.15) is 0 Å². The summed E-state index contributed by atoms with van der Waals surface area (Å²) >= 11 is 0. The number of ether oxygens (including phenoxy) is 1. The van der Waals surface area contributed by atoms with Gasteiger partial charge in [0.05, 0.1) is 18.2 Å². The first-order valence-corrected chi connectivity index (χ1v) is 6.86. The molecule has 0 unspecified atom stereocenters. The van der Waals surface area contributed by atoms with E-state index >= 15 is 0 Å². The van der Waals surface area contributed by atoms with Crippen LogP contribution in [0.1, 0.15) is 32.0 Å². The monoisotopic (exact) mass is 273 g/mol. The third kappa shape index (κ3) is 4.38. The first-order valence-electron chi connectivity index (χ1n) is 6.86. The maximum atomic E-state index is 5.82. The summed E-state index contributed by atoms with van der Waals surface area (Å²) in [6.07, 6.45) is 3.60. The highest BCUT2D eigenvalue weighted by atomic mass is 16.5. The van der Waals surface area contributed by atoms with Crippen LogP contribution in [0, 0.1) is 0 Å². The molecule has 0 atom stereocenters. The summed E-state index contributed by atoms with van der Waals surface area (Å²) in [4.78, 5) is 4.08. The highest BCUT2D eigenvalue weighted by Crippen LogP contribution is 2.15. The maximum Gasteiger partial charge on any atom is 0.130 e. The Morgan fingerprint density at radius 2 is 2.10 bits per heavy atom. The molecule has 1 aromatic heterocycles. The van der Waals surface area contributed by atoms with Gasteiger partial charge in [-0.1, -0.05) is 12.1 Å². The Kier molecular flexibility index (Phi) is 4.45. The van der Waals surface area contributed by atoms with Crippen LogP contribution in [0.25, 0.3) is 0 Å². The van der Waals surface area contributed by atoms with Crippen LogP contribution in [0.3, 0.4) is 0 Å². The molecule has 0 saturated heterocycles. The molecule has 4 nitrogen and oxygen atoms in total. The molecule has 2 rings (SSSR count). The Bertz CT molecular complexity index is 555. The van der Waals surface area contributed by atoms with Crippen molar-refractivity contribution < 1.29 is 4.74 Å². The number of hydrogen-bond acceptors (Lipinski definition) is 3. The number of nitrogens with zero attached hydrogens (tertiary/aromatic N) is 2. The van der Waals surface area contributed by atoms with Crippen LogP contribution in [0.4, 0.5) is 0 Å². The van der Waals surface area contributed by atoms with Crippen LogP contribution < -0.4 is 10.1 Å². The smallest absolute Gasteiger partial charge is 0.130 e. The predicted octanol–water partition coefficient (Wildman–Crippen LogP) is 2.89. The van der Waals surface area contributed by atoms with Crippen molar-refractivity contribution in [3.8, 4) is 5.75 Å². The van der Waals surface area contributed by atoms with E-state index in [2.05, 4.69) is 43.2 Å². The average molecular weight is 273 g/mol. The van der Waals surface area contributed by atoms with Gasteiger partial charge in [0.1, 0.15) is 12.4 Å². The van der Waals surface area contributed by atoms with Crippen LogP contribution in [0.15, 0.2) is 36.8 Å². The van der Waals surface area contributed by atoms with Gasteiger partial charge in [-0.3, -0.25) is 0 Å². The van der Waals surface area contributed by atoms with Gasteiger partial charge in [-0.15, -0.1) is 0 Å². The van der Waals surface area contributed by atoms with Gasteiger partial charge in [0, 0.05) is 19.1 Å². The van der Waals surface area contributed by atoms with Crippen LogP contribution in [0.2, 0.25) is 0 Å². The standard InChI is InChI=1S/C16H23N3O/c1-16(2,3)18-9-13-6-5-7-15(8-13)20-11-14-10-17-12-19(14)4/h5-8,10,12,18H,9,11H2,1-4H3. The minimum absolute atomic E-state index is 0.117. The summed E-state index contributed by atoms with van der Waals surface area (Å²) in [7, 11) is 1.97. The Morgan fingerprint density at radius 3 is 2.75 bits per heavy atom. The van der Waals surface area contributed by atoms with E-state index in [1.165, 1.54) is 5.56 Å². The van der Waals surface area contributed by atoms with Crippen LogP contribution >= 0.6 is 0 Å². The van der Waals surface area contributed by atoms with Gasteiger partial charge in [-0.05, 0) is 38.5 Å². The summed E-state index contributed by atoms with van der Waals surface area (Å²) in [5.74, 6) is 0.888. The molecule has 4 heteroatoms. The van der Waals surface area contributed by atoms with E-state index in [0.717, 1.165) is 18.0 Å². The van der Waals surface area contributed by atoms with Crippen molar-refractivity contribution in [2.24, 2.45) is 7.05 Å². The second kappa shape index (κ2) is 6.09. The number of aryl methyl sites for hydroxylation is 1. The topological polar surface area (TPSA) is 39.1 Å². The lowest BCUT2D eigenvalue weighted by Gasteiger charge is -2.20. The Morgan fingerprint density at radius 1 is 1.30 bits per heavy atom. The largest absolute Gasteiger partial charge is 0.487 e. The number of rotatable bonds is 5. The molecule has 20 heavy (non-hydrogen) atoms. The molecule has 108 valence electrons. The molecule has 1 heterocycles. The van der Waals surface area contributed by atoms with E-state index < -0.39 is 0 Å². The van der Waals surface area contributed by atoms with Gasteiger partial charge in [-0.25, -0.2) is 4.98 Å². The highest BCUT2D eigenvalue weighted by Gasteiger charge is 2.08. The maximum absolute atomic E-state index is 5.82. The summed E-state index contributed by atoms with van der Waals surface area (Å²) in [5.41, 5.74) is 2.40. The van der Waals surface area contributed by atoms with Gasteiger partial charge >= 0.3 is 0 Å². The fourth-order valence-electron chi connectivity index (χ4n) is 1.79. The molecular weight excluding hydrogens is 250 g/mol. The molecule has 0 radical (unpaired) electrons. The van der Waals surface area contributed by atoms with E-state index in [1.807, 2.05) is 29.9 Å². The Hall–Kier alpha value is -1.81. The summed E-state index contributed by atoms with van der Waals surface area (Å²) in [6.45, 7) is 7.86. The van der Waals surface area contributed by atoms with E-state index in [9.17, 15) is 0 Å². The van der Waals surface area contributed by atoms with Crippen LogP contribution in [0.5, 0.6) is 5.75 Å².